The Bertz CT molecular complexity index is 825. The highest BCUT2D eigenvalue weighted by Gasteiger charge is 2.18. The summed E-state index contributed by atoms with van der Waals surface area (Å²) in [4.78, 5) is 4.65. The third-order valence-electron chi connectivity index (χ3n) is 4.48. The minimum absolute atomic E-state index is 0.501. The second-order valence-electron chi connectivity index (χ2n) is 6.02. The summed E-state index contributed by atoms with van der Waals surface area (Å²) in [5.74, 6) is 0. The standard InChI is InChI=1S/C18H20N4/c1-21-12-14(11-20-21)17-13-22(15-7-4-2-3-5-8-15)18-16(17)9-6-10-19-18/h2,4,6,9-13,15H,3,5,7-8H2,1H3. The Balaban J connectivity index is 1.87. The second kappa shape index (κ2) is 5.44. The quantitative estimate of drug-likeness (QED) is 0.666. The number of hydrogen-bond donors (Lipinski definition) is 0. The van der Waals surface area contributed by atoms with Crippen molar-refractivity contribution >= 4 is 11.0 Å². The first-order chi connectivity index (χ1) is 10.8. The van der Waals surface area contributed by atoms with Gasteiger partial charge in [0, 0.05) is 48.2 Å². The Morgan fingerprint density at radius 2 is 2.18 bits per heavy atom. The van der Waals surface area contributed by atoms with Crippen LogP contribution in [-0.2, 0) is 7.05 Å². The molecule has 1 aliphatic carbocycles. The zero-order valence-electron chi connectivity index (χ0n) is 12.8. The predicted octanol–water partition coefficient (Wildman–Crippen LogP) is 4.11. The summed E-state index contributed by atoms with van der Waals surface area (Å²) in [6.07, 6.45) is 17.5. The van der Waals surface area contributed by atoms with Gasteiger partial charge in [0.15, 0.2) is 0 Å². The molecule has 1 aliphatic rings. The smallest absolute Gasteiger partial charge is 0.140 e. The average molecular weight is 292 g/mol. The van der Waals surface area contributed by atoms with E-state index in [0.717, 1.165) is 17.6 Å². The van der Waals surface area contributed by atoms with E-state index in [4.69, 9.17) is 0 Å². The van der Waals surface area contributed by atoms with Crippen LogP contribution in [0.5, 0.6) is 0 Å². The molecule has 3 heterocycles. The van der Waals surface area contributed by atoms with Crippen LogP contribution in [0, 0.1) is 0 Å². The van der Waals surface area contributed by atoms with Crippen LogP contribution < -0.4 is 0 Å². The SMILES string of the molecule is Cn1cc(-c2cn(C3CC=CCCC3)c3ncccc23)cn1. The van der Waals surface area contributed by atoms with Crippen molar-refractivity contribution in [3.05, 3.63) is 49.1 Å². The summed E-state index contributed by atoms with van der Waals surface area (Å²) in [7, 11) is 1.96. The van der Waals surface area contributed by atoms with E-state index in [9.17, 15) is 0 Å². The molecule has 0 radical (unpaired) electrons. The Hall–Kier alpha value is -2.36. The molecule has 0 saturated heterocycles. The Kier molecular flexibility index (Phi) is 3.29. The highest BCUT2D eigenvalue weighted by atomic mass is 15.2. The summed E-state index contributed by atoms with van der Waals surface area (Å²) in [5.41, 5.74) is 3.47. The summed E-state index contributed by atoms with van der Waals surface area (Å²) in [5, 5.41) is 5.52. The molecule has 0 spiro atoms. The maximum absolute atomic E-state index is 4.65. The molecule has 0 amide bonds. The van der Waals surface area contributed by atoms with Crippen molar-refractivity contribution in [2.75, 3.05) is 0 Å². The van der Waals surface area contributed by atoms with Gasteiger partial charge in [0.2, 0.25) is 0 Å². The van der Waals surface area contributed by atoms with Gasteiger partial charge < -0.3 is 4.57 Å². The molecule has 3 aromatic heterocycles. The van der Waals surface area contributed by atoms with Crippen LogP contribution in [0.4, 0.5) is 0 Å². The van der Waals surface area contributed by atoms with E-state index < -0.39 is 0 Å². The van der Waals surface area contributed by atoms with E-state index >= 15 is 0 Å². The van der Waals surface area contributed by atoms with Gasteiger partial charge in [0.1, 0.15) is 5.65 Å². The van der Waals surface area contributed by atoms with Crippen LogP contribution in [0.15, 0.2) is 49.1 Å². The average Bonchev–Trinajstić information content (AvgIpc) is 3.02. The van der Waals surface area contributed by atoms with Crippen LogP contribution in [0.25, 0.3) is 22.2 Å². The number of hydrogen-bond acceptors (Lipinski definition) is 2. The van der Waals surface area contributed by atoms with Gasteiger partial charge in [0.25, 0.3) is 0 Å². The number of nitrogens with zero attached hydrogens (tertiary/aromatic N) is 4. The minimum Gasteiger partial charge on any atom is -0.329 e. The van der Waals surface area contributed by atoms with Gasteiger partial charge in [-0.1, -0.05) is 12.2 Å². The number of allylic oxidation sites excluding steroid dienone is 2. The Morgan fingerprint density at radius 3 is 3.05 bits per heavy atom. The fourth-order valence-electron chi connectivity index (χ4n) is 3.36. The minimum atomic E-state index is 0.501. The second-order valence-corrected chi connectivity index (χ2v) is 6.02. The van der Waals surface area contributed by atoms with Crippen molar-refractivity contribution in [3.63, 3.8) is 0 Å². The first-order valence-corrected chi connectivity index (χ1v) is 7.92. The van der Waals surface area contributed by atoms with E-state index in [2.05, 4.69) is 45.3 Å². The molecule has 4 nitrogen and oxygen atoms in total. The molecular formula is C18H20N4. The number of fused-ring (bicyclic) bond motifs is 1. The highest BCUT2D eigenvalue weighted by molar-refractivity contribution is 5.93. The molecule has 0 aliphatic heterocycles. The van der Waals surface area contributed by atoms with Crippen molar-refractivity contribution in [2.45, 2.75) is 31.7 Å². The van der Waals surface area contributed by atoms with Crippen molar-refractivity contribution in [3.8, 4) is 11.1 Å². The van der Waals surface area contributed by atoms with Gasteiger partial charge in [-0.2, -0.15) is 5.10 Å². The van der Waals surface area contributed by atoms with E-state index in [0.29, 0.717) is 6.04 Å². The molecule has 3 aromatic rings. The summed E-state index contributed by atoms with van der Waals surface area (Å²) in [6, 6.07) is 4.68. The van der Waals surface area contributed by atoms with Gasteiger partial charge in [-0.25, -0.2) is 4.98 Å². The Morgan fingerprint density at radius 1 is 1.23 bits per heavy atom. The largest absolute Gasteiger partial charge is 0.329 e. The number of aromatic nitrogens is 4. The summed E-state index contributed by atoms with van der Waals surface area (Å²) in [6.45, 7) is 0. The van der Waals surface area contributed by atoms with Crippen LogP contribution in [-0.4, -0.2) is 19.3 Å². The first kappa shape index (κ1) is 13.3. The van der Waals surface area contributed by atoms with E-state index in [-0.39, 0.29) is 0 Å². The molecule has 0 N–H and O–H groups in total. The van der Waals surface area contributed by atoms with Gasteiger partial charge in [-0.15, -0.1) is 0 Å². The molecule has 4 heteroatoms. The fraction of sp³-hybridized carbons (Fsp3) is 0.333. The monoisotopic (exact) mass is 292 g/mol. The normalized spacial score (nSPS) is 18.7. The first-order valence-electron chi connectivity index (χ1n) is 7.92. The van der Waals surface area contributed by atoms with Crippen molar-refractivity contribution in [1.82, 2.24) is 19.3 Å². The number of aryl methyl sites for hydroxylation is 1. The topological polar surface area (TPSA) is 35.6 Å². The predicted molar refractivity (Wildman–Crippen MR) is 88.6 cm³/mol. The molecule has 0 saturated carbocycles. The third kappa shape index (κ3) is 2.25. The molecule has 0 fully saturated rings. The lowest BCUT2D eigenvalue weighted by Crippen LogP contribution is -2.07. The lowest BCUT2D eigenvalue weighted by atomic mass is 10.1. The molecule has 4 rings (SSSR count). The molecular weight excluding hydrogens is 272 g/mol. The molecule has 0 bridgehead atoms. The van der Waals surface area contributed by atoms with Crippen molar-refractivity contribution in [1.29, 1.82) is 0 Å². The van der Waals surface area contributed by atoms with Gasteiger partial charge >= 0.3 is 0 Å². The van der Waals surface area contributed by atoms with Crippen LogP contribution in [0.3, 0.4) is 0 Å². The lowest BCUT2D eigenvalue weighted by molar-refractivity contribution is 0.477. The number of pyridine rings is 1. The lowest BCUT2D eigenvalue weighted by Gasteiger charge is -2.16. The van der Waals surface area contributed by atoms with Gasteiger partial charge in [0.05, 0.1) is 6.20 Å². The maximum Gasteiger partial charge on any atom is 0.140 e. The van der Waals surface area contributed by atoms with Gasteiger partial charge in [-0.3, -0.25) is 4.68 Å². The van der Waals surface area contributed by atoms with Crippen molar-refractivity contribution in [2.24, 2.45) is 7.05 Å². The molecule has 1 atom stereocenters. The summed E-state index contributed by atoms with van der Waals surface area (Å²) < 4.78 is 4.22. The van der Waals surface area contributed by atoms with Crippen LogP contribution in [0.2, 0.25) is 0 Å². The number of rotatable bonds is 2. The molecule has 1 unspecified atom stereocenters. The van der Waals surface area contributed by atoms with Crippen molar-refractivity contribution < 1.29 is 0 Å². The molecule has 112 valence electrons. The van der Waals surface area contributed by atoms with Gasteiger partial charge in [-0.05, 0) is 37.8 Å². The molecule has 0 aromatic carbocycles. The fourth-order valence-corrected chi connectivity index (χ4v) is 3.36. The van der Waals surface area contributed by atoms with Crippen LogP contribution >= 0.6 is 0 Å². The highest BCUT2D eigenvalue weighted by Crippen LogP contribution is 2.34. The zero-order chi connectivity index (χ0) is 14.9. The molecule has 22 heavy (non-hydrogen) atoms. The van der Waals surface area contributed by atoms with E-state index in [1.807, 2.05) is 30.2 Å². The Labute approximate surface area is 130 Å². The maximum atomic E-state index is 4.65. The van der Waals surface area contributed by atoms with Crippen LogP contribution in [0.1, 0.15) is 31.7 Å². The summed E-state index contributed by atoms with van der Waals surface area (Å²) >= 11 is 0. The van der Waals surface area contributed by atoms with E-state index in [1.165, 1.54) is 30.2 Å². The third-order valence-corrected chi connectivity index (χ3v) is 4.48. The zero-order valence-corrected chi connectivity index (χ0v) is 12.8. The van der Waals surface area contributed by atoms with E-state index in [1.54, 1.807) is 0 Å².